The summed E-state index contributed by atoms with van der Waals surface area (Å²) in [5.74, 6) is 1.14. The number of benzene rings is 1. The van der Waals surface area contributed by atoms with E-state index in [2.05, 4.69) is 12.2 Å². The molecule has 1 aliphatic rings. The molecule has 1 saturated carbocycles. The number of rotatable bonds is 6. The van der Waals surface area contributed by atoms with Crippen molar-refractivity contribution >= 4 is 11.4 Å². The number of hydrogen-bond donors (Lipinski definition) is 3. The van der Waals surface area contributed by atoms with Gasteiger partial charge in [-0.05, 0) is 25.3 Å². The SMILES string of the molecule is CCCOc1cc(N)cc(NCC2CCCCC2O)c1. The van der Waals surface area contributed by atoms with Gasteiger partial charge in [0.05, 0.1) is 12.7 Å². The van der Waals surface area contributed by atoms with Crippen LogP contribution >= 0.6 is 0 Å². The summed E-state index contributed by atoms with van der Waals surface area (Å²) in [5.41, 5.74) is 7.56. The Morgan fingerprint density at radius 2 is 2.10 bits per heavy atom. The van der Waals surface area contributed by atoms with Gasteiger partial charge < -0.3 is 20.9 Å². The zero-order valence-corrected chi connectivity index (χ0v) is 12.3. The minimum atomic E-state index is -0.173. The van der Waals surface area contributed by atoms with Gasteiger partial charge in [0.25, 0.3) is 0 Å². The summed E-state index contributed by atoms with van der Waals surface area (Å²) in [5, 5.41) is 13.4. The molecule has 0 spiro atoms. The molecule has 0 heterocycles. The molecule has 2 atom stereocenters. The molecular weight excluding hydrogens is 252 g/mol. The van der Waals surface area contributed by atoms with Crippen molar-refractivity contribution < 1.29 is 9.84 Å². The second-order valence-electron chi connectivity index (χ2n) is 5.63. The van der Waals surface area contributed by atoms with Gasteiger partial charge in [0.15, 0.2) is 0 Å². The van der Waals surface area contributed by atoms with Gasteiger partial charge in [-0.25, -0.2) is 0 Å². The van der Waals surface area contributed by atoms with E-state index in [0.717, 1.165) is 43.7 Å². The van der Waals surface area contributed by atoms with E-state index < -0.39 is 0 Å². The minimum Gasteiger partial charge on any atom is -0.493 e. The molecular formula is C16H26N2O2. The number of anilines is 2. The Morgan fingerprint density at radius 1 is 1.30 bits per heavy atom. The first-order valence-corrected chi connectivity index (χ1v) is 7.64. The first-order chi connectivity index (χ1) is 9.69. The molecule has 0 amide bonds. The molecule has 20 heavy (non-hydrogen) atoms. The van der Waals surface area contributed by atoms with Crippen LogP contribution in [0, 0.1) is 5.92 Å². The molecule has 0 saturated heterocycles. The summed E-state index contributed by atoms with van der Waals surface area (Å²) < 4.78 is 5.62. The van der Waals surface area contributed by atoms with Crippen LogP contribution in [0.4, 0.5) is 11.4 Å². The highest BCUT2D eigenvalue weighted by Crippen LogP contribution is 2.27. The Bertz CT molecular complexity index is 423. The third-order valence-corrected chi connectivity index (χ3v) is 3.84. The van der Waals surface area contributed by atoms with E-state index in [4.69, 9.17) is 10.5 Å². The smallest absolute Gasteiger partial charge is 0.123 e. The van der Waals surface area contributed by atoms with Crippen LogP contribution in [0.15, 0.2) is 18.2 Å². The maximum absolute atomic E-state index is 9.98. The van der Waals surface area contributed by atoms with Crippen LogP contribution in [0.25, 0.3) is 0 Å². The number of aliphatic hydroxyl groups excluding tert-OH is 1. The van der Waals surface area contributed by atoms with Gasteiger partial charge in [0, 0.05) is 36.0 Å². The molecule has 4 heteroatoms. The van der Waals surface area contributed by atoms with Crippen molar-refractivity contribution in [1.29, 1.82) is 0 Å². The van der Waals surface area contributed by atoms with Crippen molar-refractivity contribution in [2.75, 3.05) is 24.2 Å². The van der Waals surface area contributed by atoms with Crippen molar-refractivity contribution in [1.82, 2.24) is 0 Å². The predicted octanol–water partition coefficient (Wildman–Crippen LogP) is 3.02. The standard InChI is InChI=1S/C16H26N2O2/c1-2-7-20-15-9-13(17)8-14(10-15)18-11-12-5-3-4-6-16(12)19/h8-10,12,16,18-19H,2-7,11,17H2,1H3. The van der Waals surface area contributed by atoms with Crippen molar-refractivity contribution in [2.45, 2.75) is 45.1 Å². The molecule has 2 rings (SSSR count). The Morgan fingerprint density at radius 3 is 2.85 bits per heavy atom. The lowest BCUT2D eigenvalue weighted by Crippen LogP contribution is -2.30. The maximum Gasteiger partial charge on any atom is 0.123 e. The second-order valence-corrected chi connectivity index (χ2v) is 5.63. The number of nitrogens with one attached hydrogen (secondary N) is 1. The van der Waals surface area contributed by atoms with E-state index in [-0.39, 0.29) is 6.10 Å². The number of aliphatic hydroxyl groups is 1. The molecule has 0 bridgehead atoms. The van der Waals surface area contributed by atoms with Crippen LogP contribution < -0.4 is 15.8 Å². The lowest BCUT2D eigenvalue weighted by molar-refractivity contribution is 0.0763. The van der Waals surface area contributed by atoms with E-state index in [9.17, 15) is 5.11 Å². The van der Waals surface area contributed by atoms with E-state index in [1.165, 1.54) is 6.42 Å². The van der Waals surface area contributed by atoms with Gasteiger partial charge >= 0.3 is 0 Å². The fourth-order valence-corrected chi connectivity index (χ4v) is 2.70. The van der Waals surface area contributed by atoms with Crippen LogP contribution in [0.3, 0.4) is 0 Å². The second kappa shape index (κ2) is 7.39. The van der Waals surface area contributed by atoms with Gasteiger partial charge in [-0.2, -0.15) is 0 Å². The van der Waals surface area contributed by atoms with Gasteiger partial charge in [0.1, 0.15) is 5.75 Å². The fraction of sp³-hybridized carbons (Fsp3) is 0.625. The average Bonchev–Trinajstić information content (AvgIpc) is 2.44. The highest BCUT2D eigenvalue weighted by molar-refractivity contribution is 5.59. The molecule has 112 valence electrons. The molecule has 1 aromatic rings. The van der Waals surface area contributed by atoms with Crippen LogP contribution in [0.5, 0.6) is 5.75 Å². The third kappa shape index (κ3) is 4.30. The number of hydrogen-bond acceptors (Lipinski definition) is 4. The highest BCUT2D eigenvalue weighted by atomic mass is 16.5. The van der Waals surface area contributed by atoms with Crippen LogP contribution in [-0.4, -0.2) is 24.4 Å². The first-order valence-electron chi connectivity index (χ1n) is 7.64. The van der Waals surface area contributed by atoms with Gasteiger partial charge in [0.2, 0.25) is 0 Å². The summed E-state index contributed by atoms with van der Waals surface area (Å²) in [6.45, 7) is 3.57. The summed E-state index contributed by atoms with van der Waals surface area (Å²) in [7, 11) is 0. The first kappa shape index (κ1) is 15.0. The molecule has 0 aromatic heterocycles. The van der Waals surface area contributed by atoms with Gasteiger partial charge in [-0.1, -0.05) is 19.8 Å². The topological polar surface area (TPSA) is 67.5 Å². The van der Waals surface area contributed by atoms with E-state index in [1.54, 1.807) is 0 Å². The van der Waals surface area contributed by atoms with Crippen molar-refractivity contribution in [2.24, 2.45) is 5.92 Å². The predicted molar refractivity (Wildman–Crippen MR) is 83.1 cm³/mol. The Kier molecular flexibility index (Phi) is 5.53. The Hall–Kier alpha value is -1.42. The molecule has 0 aliphatic heterocycles. The third-order valence-electron chi connectivity index (χ3n) is 3.84. The molecule has 1 fully saturated rings. The quantitative estimate of drug-likeness (QED) is 0.700. The molecule has 4 nitrogen and oxygen atoms in total. The highest BCUT2D eigenvalue weighted by Gasteiger charge is 2.22. The summed E-state index contributed by atoms with van der Waals surface area (Å²) in [4.78, 5) is 0. The molecule has 2 unspecified atom stereocenters. The van der Waals surface area contributed by atoms with Gasteiger partial charge in [-0.3, -0.25) is 0 Å². The normalized spacial score (nSPS) is 22.5. The lowest BCUT2D eigenvalue weighted by atomic mass is 9.86. The van der Waals surface area contributed by atoms with Crippen molar-refractivity contribution in [3.05, 3.63) is 18.2 Å². The fourth-order valence-electron chi connectivity index (χ4n) is 2.70. The van der Waals surface area contributed by atoms with Crippen LogP contribution in [0.2, 0.25) is 0 Å². The van der Waals surface area contributed by atoms with Crippen molar-refractivity contribution in [3.63, 3.8) is 0 Å². The van der Waals surface area contributed by atoms with Gasteiger partial charge in [-0.15, -0.1) is 0 Å². The summed E-state index contributed by atoms with van der Waals surface area (Å²) in [6.07, 6.45) is 5.18. The largest absolute Gasteiger partial charge is 0.493 e. The Balaban J connectivity index is 1.92. The monoisotopic (exact) mass is 278 g/mol. The van der Waals surface area contributed by atoms with Crippen LogP contribution in [-0.2, 0) is 0 Å². The maximum atomic E-state index is 9.98. The zero-order valence-electron chi connectivity index (χ0n) is 12.3. The molecule has 0 radical (unpaired) electrons. The number of nitrogens with two attached hydrogens (primary N) is 1. The average molecular weight is 278 g/mol. The number of ether oxygens (including phenoxy) is 1. The summed E-state index contributed by atoms with van der Waals surface area (Å²) in [6, 6.07) is 5.73. The minimum absolute atomic E-state index is 0.173. The van der Waals surface area contributed by atoms with E-state index in [0.29, 0.717) is 18.2 Å². The summed E-state index contributed by atoms with van der Waals surface area (Å²) >= 11 is 0. The number of nitrogen functional groups attached to an aromatic ring is 1. The molecule has 4 N–H and O–H groups in total. The van der Waals surface area contributed by atoms with Crippen molar-refractivity contribution in [3.8, 4) is 5.75 Å². The zero-order chi connectivity index (χ0) is 14.4. The van der Waals surface area contributed by atoms with E-state index >= 15 is 0 Å². The lowest BCUT2D eigenvalue weighted by Gasteiger charge is -2.28. The molecule has 1 aliphatic carbocycles. The van der Waals surface area contributed by atoms with Crippen LogP contribution in [0.1, 0.15) is 39.0 Å². The Labute approximate surface area is 121 Å². The van der Waals surface area contributed by atoms with E-state index in [1.807, 2.05) is 18.2 Å². The molecule has 1 aromatic carbocycles.